The van der Waals surface area contributed by atoms with E-state index < -0.39 is 5.91 Å². The molecule has 7 nitrogen and oxygen atoms in total. The first-order chi connectivity index (χ1) is 16.0. The minimum atomic E-state index is -0.477. The van der Waals surface area contributed by atoms with Gasteiger partial charge in [-0.05, 0) is 61.0 Å². The Morgan fingerprint density at radius 1 is 0.909 bits per heavy atom. The van der Waals surface area contributed by atoms with Crippen LogP contribution in [0.1, 0.15) is 18.5 Å². The molecular weight excluding hydrogens is 416 g/mol. The maximum absolute atomic E-state index is 12.6. The monoisotopic (exact) mass is 442 g/mol. The fraction of sp³-hybridized carbons (Fsp3) is 0.154. The van der Waals surface area contributed by atoms with Gasteiger partial charge in [-0.25, -0.2) is 0 Å². The third-order valence-electron chi connectivity index (χ3n) is 4.95. The number of nitriles is 1. The summed E-state index contributed by atoms with van der Waals surface area (Å²) >= 11 is 0. The summed E-state index contributed by atoms with van der Waals surface area (Å²) in [6, 6.07) is 24.4. The smallest absolute Gasteiger partial charge is 0.263 e. The molecular formula is C26H26N4O3. The number of rotatable bonds is 9. The number of carbonyl (C=O) groups excluding carboxylic acids is 1. The van der Waals surface area contributed by atoms with Crippen molar-refractivity contribution < 1.29 is 14.3 Å². The van der Waals surface area contributed by atoms with Crippen LogP contribution >= 0.6 is 0 Å². The van der Waals surface area contributed by atoms with Crippen molar-refractivity contribution in [3.63, 3.8) is 0 Å². The molecule has 3 aromatic carbocycles. The lowest BCUT2D eigenvalue weighted by molar-refractivity contribution is -0.117. The van der Waals surface area contributed by atoms with Crippen LogP contribution in [0.3, 0.4) is 0 Å². The topological polar surface area (TPSA) is 95.4 Å². The van der Waals surface area contributed by atoms with Crippen LogP contribution < -0.4 is 25.4 Å². The summed E-state index contributed by atoms with van der Waals surface area (Å²) < 4.78 is 10.6. The summed E-state index contributed by atoms with van der Waals surface area (Å²) in [6.45, 7) is 1.83. The highest BCUT2D eigenvalue weighted by molar-refractivity contribution is 5.97. The van der Waals surface area contributed by atoms with Crippen LogP contribution in [0.5, 0.6) is 11.5 Å². The van der Waals surface area contributed by atoms with Gasteiger partial charge in [0.05, 0.1) is 20.3 Å². The number of carbonyl (C=O) groups is 1. The Kier molecular flexibility index (Phi) is 7.92. The van der Waals surface area contributed by atoms with E-state index in [2.05, 4.69) is 16.0 Å². The van der Waals surface area contributed by atoms with Gasteiger partial charge < -0.3 is 25.4 Å². The SMILES string of the molecule is COc1ccc(C(C)NC(=O)/C(C#N)=C\Nc2ccc(Nc3ccccc3)cc2)cc1OC. The first-order valence-corrected chi connectivity index (χ1v) is 10.4. The summed E-state index contributed by atoms with van der Waals surface area (Å²) in [4.78, 5) is 12.6. The van der Waals surface area contributed by atoms with Crippen molar-refractivity contribution in [1.82, 2.24) is 5.32 Å². The van der Waals surface area contributed by atoms with E-state index >= 15 is 0 Å². The van der Waals surface area contributed by atoms with Crippen LogP contribution in [0, 0.1) is 11.3 Å². The molecule has 168 valence electrons. The highest BCUT2D eigenvalue weighted by Gasteiger charge is 2.15. The molecule has 7 heteroatoms. The maximum atomic E-state index is 12.6. The van der Waals surface area contributed by atoms with E-state index in [0.29, 0.717) is 11.5 Å². The van der Waals surface area contributed by atoms with Crippen LogP contribution in [-0.2, 0) is 4.79 Å². The third-order valence-corrected chi connectivity index (χ3v) is 4.95. The van der Waals surface area contributed by atoms with Gasteiger partial charge in [-0.3, -0.25) is 4.79 Å². The van der Waals surface area contributed by atoms with Crippen molar-refractivity contribution in [1.29, 1.82) is 5.26 Å². The van der Waals surface area contributed by atoms with E-state index in [9.17, 15) is 10.1 Å². The highest BCUT2D eigenvalue weighted by Crippen LogP contribution is 2.30. The molecule has 0 aliphatic carbocycles. The number of nitrogens with zero attached hydrogens (tertiary/aromatic N) is 1. The van der Waals surface area contributed by atoms with Gasteiger partial charge in [0, 0.05) is 23.3 Å². The van der Waals surface area contributed by atoms with Gasteiger partial charge >= 0.3 is 0 Å². The second-order valence-corrected chi connectivity index (χ2v) is 7.19. The van der Waals surface area contributed by atoms with E-state index in [4.69, 9.17) is 9.47 Å². The molecule has 0 aromatic heterocycles. The maximum Gasteiger partial charge on any atom is 0.263 e. The summed E-state index contributed by atoms with van der Waals surface area (Å²) in [5.74, 6) is 0.695. The molecule has 0 spiro atoms. The first-order valence-electron chi connectivity index (χ1n) is 10.4. The zero-order valence-corrected chi connectivity index (χ0v) is 18.8. The summed E-state index contributed by atoms with van der Waals surface area (Å²) in [5.41, 5.74) is 3.46. The average molecular weight is 443 g/mol. The van der Waals surface area contributed by atoms with Gasteiger partial charge in [-0.2, -0.15) is 5.26 Å². The molecule has 3 rings (SSSR count). The molecule has 0 aliphatic rings. The number of para-hydroxylation sites is 1. The van der Waals surface area contributed by atoms with Gasteiger partial charge in [0.15, 0.2) is 11.5 Å². The van der Waals surface area contributed by atoms with E-state index in [1.54, 1.807) is 26.4 Å². The molecule has 1 atom stereocenters. The molecule has 0 aliphatic heterocycles. The molecule has 0 fully saturated rings. The van der Waals surface area contributed by atoms with Gasteiger partial charge in [0.25, 0.3) is 5.91 Å². The van der Waals surface area contributed by atoms with Gasteiger partial charge in [-0.15, -0.1) is 0 Å². The molecule has 0 saturated carbocycles. The van der Waals surface area contributed by atoms with Crippen molar-refractivity contribution in [2.24, 2.45) is 0 Å². The lowest BCUT2D eigenvalue weighted by atomic mass is 10.1. The Balaban J connectivity index is 1.62. The number of nitrogens with one attached hydrogen (secondary N) is 3. The highest BCUT2D eigenvalue weighted by atomic mass is 16.5. The van der Waals surface area contributed by atoms with Crippen molar-refractivity contribution in [3.05, 3.63) is 90.1 Å². The number of anilines is 3. The summed E-state index contributed by atoms with van der Waals surface area (Å²) in [6.07, 6.45) is 1.40. The Labute approximate surface area is 193 Å². The predicted octanol–water partition coefficient (Wildman–Crippen LogP) is 5.14. The Morgan fingerprint density at radius 3 is 2.18 bits per heavy atom. The van der Waals surface area contributed by atoms with E-state index in [-0.39, 0.29) is 11.6 Å². The van der Waals surface area contributed by atoms with Gasteiger partial charge in [0.1, 0.15) is 11.6 Å². The van der Waals surface area contributed by atoms with E-state index in [1.165, 1.54) is 6.20 Å². The lowest BCUT2D eigenvalue weighted by Crippen LogP contribution is -2.28. The fourth-order valence-corrected chi connectivity index (χ4v) is 3.12. The van der Waals surface area contributed by atoms with Crippen molar-refractivity contribution in [3.8, 4) is 17.6 Å². The zero-order valence-electron chi connectivity index (χ0n) is 18.8. The largest absolute Gasteiger partial charge is 0.493 e. The van der Waals surface area contributed by atoms with Crippen LogP contribution in [0.4, 0.5) is 17.1 Å². The molecule has 0 radical (unpaired) electrons. The summed E-state index contributed by atoms with van der Waals surface area (Å²) in [5, 5.41) is 18.6. The van der Waals surface area contributed by atoms with Crippen molar-refractivity contribution in [2.45, 2.75) is 13.0 Å². The molecule has 3 N–H and O–H groups in total. The van der Waals surface area contributed by atoms with E-state index in [1.807, 2.05) is 73.7 Å². The lowest BCUT2D eigenvalue weighted by Gasteiger charge is -2.16. The second-order valence-electron chi connectivity index (χ2n) is 7.19. The predicted molar refractivity (Wildman–Crippen MR) is 130 cm³/mol. The standard InChI is InChI=1S/C26H26N4O3/c1-18(19-9-14-24(32-2)25(15-19)33-3)29-26(31)20(16-27)17-28-21-10-12-23(13-11-21)30-22-7-5-4-6-8-22/h4-15,17-18,28,30H,1-3H3,(H,29,31)/b20-17-. The summed E-state index contributed by atoms with van der Waals surface area (Å²) in [7, 11) is 3.12. The molecule has 0 saturated heterocycles. The molecule has 3 aromatic rings. The minimum Gasteiger partial charge on any atom is -0.493 e. The van der Waals surface area contributed by atoms with Crippen LogP contribution in [0.25, 0.3) is 0 Å². The van der Waals surface area contributed by atoms with Crippen LogP contribution in [0.15, 0.2) is 84.6 Å². The number of hydrogen-bond donors (Lipinski definition) is 3. The Bertz CT molecular complexity index is 1150. The Hall–Kier alpha value is -4.44. The fourth-order valence-electron chi connectivity index (χ4n) is 3.12. The molecule has 1 unspecified atom stereocenters. The van der Waals surface area contributed by atoms with Crippen LogP contribution in [0.2, 0.25) is 0 Å². The van der Waals surface area contributed by atoms with Crippen molar-refractivity contribution >= 4 is 23.0 Å². The molecule has 1 amide bonds. The second kappa shape index (κ2) is 11.3. The average Bonchev–Trinajstić information content (AvgIpc) is 2.85. The molecule has 0 bridgehead atoms. The first kappa shape index (κ1) is 23.2. The minimum absolute atomic E-state index is 0.0335. The van der Waals surface area contributed by atoms with E-state index in [0.717, 1.165) is 22.6 Å². The number of methoxy groups -OCH3 is 2. The van der Waals surface area contributed by atoms with Crippen LogP contribution in [-0.4, -0.2) is 20.1 Å². The van der Waals surface area contributed by atoms with Gasteiger partial charge in [-0.1, -0.05) is 24.3 Å². The number of ether oxygens (including phenoxy) is 2. The number of amides is 1. The molecule has 0 heterocycles. The molecule has 33 heavy (non-hydrogen) atoms. The zero-order chi connectivity index (χ0) is 23.6. The Morgan fingerprint density at radius 2 is 1.55 bits per heavy atom. The van der Waals surface area contributed by atoms with Crippen molar-refractivity contribution in [2.75, 3.05) is 24.9 Å². The quantitative estimate of drug-likeness (QED) is 0.314. The third kappa shape index (κ3) is 6.28. The number of benzene rings is 3. The normalized spacial score (nSPS) is 11.6. The number of hydrogen-bond acceptors (Lipinski definition) is 6. The van der Waals surface area contributed by atoms with Gasteiger partial charge in [0.2, 0.25) is 0 Å².